The minimum atomic E-state index is -3.84. The molecule has 0 bridgehead atoms. The molecule has 2 amide bonds. The Morgan fingerprint density at radius 3 is 2.37 bits per heavy atom. The lowest BCUT2D eigenvalue weighted by atomic mass is 9.99. The summed E-state index contributed by atoms with van der Waals surface area (Å²) >= 11 is 0. The van der Waals surface area contributed by atoms with Gasteiger partial charge in [0.2, 0.25) is 0 Å². The lowest BCUT2D eigenvalue weighted by Crippen LogP contribution is -2.36. The highest BCUT2D eigenvalue weighted by Crippen LogP contribution is 2.38. The van der Waals surface area contributed by atoms with Gasteiger partial charge in [0.1, 0.15) is 0 Å². The van der Waals surface area contributed by atoms with Crippen molar-refractivity contribution in [1.82, 2.24) is 10.0 Å². The Morgan fingerprint density at radius 1 is 1.11 bits per heavy atom. The van der Waals surface area contributed by atoms with E-state index in [1.165, 1.54) is 22.3 Å². The number of carbonyl (C=O) groups excluding carboxylic acids is 1. The van der Waals surface area contributed by atoms with Gasteiger partial charge in [0.15, 0.2) is 0 Å². The number of hydrogen-bond acceptors (Lipinski definition) is 4. The summed E-state index contributed by atoms with van der Waals surface area (Å²) in [5.74, 6) is 0. The number of hydrogen-bond donors (Lipinski definition) is 3. The van der Waals surface area contributed by atoms with E-state index in [1.807, 2.05) is 6.92 Å². The third-order valence-corrected chi connectivity index (χ3v) is 6.93. The zero-order valence-corrected chi connectivity index (χ0v) is 16.5. The van der Waals surface area contributed by atoms with E-state index >= 15 is 0 Å². The Labute approximate surface area is 160 Å². The monoisotopic (exact) mass is 389 g/mol. The highest BCUT2D eigenvalue weighted by molar-refractivity contribution is 7.92. The molecule has 1 fully saturated rings. The third-order valence-electron chi connectivity index (χ3n) is 5.96. The smallest absolute Gasteiger partial charge is 0.308 e. The number of rotatable bonds is 4. The number of urea groups is 1. The second-order valence-corrected chi connectivity index (χ2v) is 9.65. The van der Waals surface area contributed by atoms with Gasteiger partial charge in [-0.1, -0.05) is 12.1 Å². The Kier molecular flexibility index (Phi) is 4.76. The van der Waals surface area contributed by atoms with Gasteiger partial charge in [-0.3, -0.25) is 0 Å². The van der Waals surface area contributed by atoms with E-state index in [9.17, 15) is 13.2 Å². The first-order valence-electron chi connectivity index (χ1n) is 9.80. The molecule has 0 radical (unpaired) electrons. The zero-order chi connectivity index (χ0) is 19.1. The Hall–Kier alpha value is -1.86. The molecule has 1 saturated heterocycles. The van der Waals surface area contributed by atoms with Gasteiger partial charge in [0.05, 0.1) is 0 Å². The molecule has 27 heavy (non-hydrogen) atoms. The molecule has 3 N–H and O–H groups in total. The average Bonchev–Trinajstić information content (AvgIpc) is 3.33. The van der Waals surface area contributed by atoms with Gasteiger partial charge in [-0.25, -0.2) is 17.9 Å². The number of fused-ring (bicyclic) bond motifs is 2. The molecule has 1 aromatic carbocycles. The van der Waals surface area contributed by atoms with Crippen LogP contribution in [-0.4, -0.2) is 26.5 Å². The predicted molar refractivity (Wildman–Crippen MR) is 106 cm³/mol. The van der Waals surface area contributed by atoms with Gasteiger partial charge >= 0.3 is 6.03 Å². The van der Waals surface area contributed by atoms with Crippen LogP contribution in [0.1, 0.15) is 54.9 Å². The van der Waals surface area contributed by atoms with Crippen molar-refractivity contribution in [3.63, 3.8) is 0 Å². The normalized spacial score (nSPS) is 24.2. The summed E-state index contributed by atoms with van der Waals surface area (Å²) in [6.07, 6.45) is 9.64. The molecule has 1 aliphatic heterocycles. The van der Waals surface area contributed by atoms with Crippen molar-refractivity contribution in [3.8, 4) is 0 Å². The molecule has 4 rings (SSSR count). The van der Waals surface area contributed by atoms with E-state index in [1.54, 1.807) is 6.08 Å². The third kappa shape index (κ3) is 3.89. The summed E-state index contributed by atoms with van der Waals surface area (Å²) in [7, 11) is -3.84. The van der Waals surface area contributed by atoms with Gasteiger partial charge in [-0.15, -0.1) is 0 Å². The van der Waals surface area contributed by atoms with E-state index in [2.05, 4.69) is 21.4 Å². The summed E-state index contributed by atoms with van der Waals surface area (Å²) in [5, 5.41) is 7.24. The number of nitrogens with one attached hydrogen (secondary N) is 3. The van der Waals surface area contributed by atoms with Gasteiger partial charge in [-0.2, -0.15) is 0 Å². The lowest BCUT2D eigenvalue weighted by molar-refractivity contribution is 0.256. The maximum atomic E-state index is 12.5. The zero-order valence-electron chi connectivity index (χ0n) is 15.7. The molecule has 1 aromatic rings. The van der Waals surface area contributed by atoms with Gasteiger partial charge in [0, 0.05) is 16.6 Å². The molecule has 3 aliphatic rings. The van der Waals surface area contributed by atoms with Crippen LogP contribution in [0.25, 0.3) is 0 Å². The van der Waals surface area contributed by atoms with E-state index in [0.717, 1.165) is 69.0 Å². The van der Waals surface area contributed by atoms with Crippen LogP contribution in [-0.2, 0) is 35.7 Å². The number of amides is 2. The van der Waals surface area contributed by atoms with Crippen molar-refractivity contribution in [2.75, 3.05) is 11.9 Å². The molecule has 0 spiro atoms. The topological polar surface area (TPSA) is 87.3 Å². The summed E-state index contributed by atoms with van der Waals surface area (Å²) in [4.78, 5) is 12.5. The minimum Gasteiger partial charge on any atom is -0.308 e. The van der Waals surface area contributed by atoms with Gasteiger partial charge in [0.25, 0.3) is 10.0 Å². The van der Waals surface area contributed by atoms with Crippen molar-refractivity contribution in [1.29, 1.82) is 0 Å². The quantitative estimate of drug-likeness (QED) is 0.739. The SMILES string of the molecule is CC1(/C=C/S(=O)(=O)NC(=O)Nc2c3c(cc4c2CCC4)CCC3)CCCN1. The molecular weight excluding hydrogens is 362 g/mol. The second kappa shape index (κ2) is 6.95. The largest absolute Gasteiger partial charge is 0.333 e. The highest BCUT2D eigenvalue weighted by Gasteiger charge is 2.27. The van der Waals surface area contributed by atoms with Crippen molar-refractivity contribution >= 4 is 21.7 Å². The molecule has 6 nitrogen and oxygen atoms in total. The Balaban J connectivity index is 1.50. The molecule has 0 aromatic heterocycles. The molecule has 0 saturated carbocycles. The fraction of sp³-hybridized carbons (Fsp3) is 0.550. The molecule has 1 atom stereocenters. The van der Waals surface area contributed by atoms with E-state index in [0.29, 0.717) is 0 Å². The first-order chi connectivity index (χ1) is 12.9. The lowest BCUT2D eigenvalue weighted by Gasteiger charge is -2.19. The predicted octanol–water partition coefficient (Wildman–Crippen LogP) is 2.77. The number of sulfonamides is 1. The van der Waals surface area contributed by atoms with Crippen LogP contribution in [0.3, 0.4) is 0 Å². The van der Waals surface area contributed by atoms with Crippen molar-refractivity contribution in [2.45, 2.75) is 63.8 Å². The molecule has 1 unspecified atom stereocenters. The highest BCUT2D eigenvalue weighted by atomic mass is 32.2. The molecule has 7 heteroatoms. The van der Waals surface area contributed by atoms with Crippen LogP contribution in [0.2, 0.25) is 0 Å². The van der Waals surface area contributed by atoms with Crippen molar-refractivity contribution < 1.29 is 13.2 Å². The van der Waals surface area contributed by atoms with E-state index in [-0.39, 0.29) is 5.54 Å². The molecular formula is C20H27N3O3S. The van der Waals surface area contributed by atoms with Crippen molar-refractivity contribution in [2.24, 2.45) is 0 Å². The standard InChI is InChI=1S/C20H27N3O3S/c1-20(9-4-11-21-20)10-12-27(25,26)23-19(24)22-18-16-7-2-5-14(16)13-15-6-3-8-17(15)18/h10,12-13,21H,2-9,11H2,1H3,(H2,22,23,24)/b12-10+. The van der Waals surface area contributed by atoms with Gasteiger partial charge in [-0.05, 0) is 87.1 Å². The average molecular weight is 390 g/mol. The molecule has 146 valence electrons. The maximum Gasteiger partial charge on any atom is 0.333 e. The maximum absolute atomic E-state index is 12.5. The van der Waals surface area contributed by atoms with E-state index in [4.69, 9.17) is 0 Å². The Morgan fingerprint density at radius 2 is 1.78 bits per heavy atom. The first kappa shape index (κ1) is 18.5. The Bertz CT molecular complexity index is 867. The summed E-state index contributed by atoms with van der Waals surface area (Å²) in [5.41, 5.74) is 5.48. The summed E-state index contributed by atoms with van der Waals surface area (Å²) in [6.45, 7) is 2.84. The van der Waals surface area contributed by atoms with E-state index < -0.39 is 16.1 Å². The van der Waals surface area contributed by atoms with Crippen molar-refractivity contribution in [3.05, 3.63) is 39.8 Å². The fourth-order valence-electron chi connectivity index (χ4n) is 4.57. The minimum absolute atomic E-state index is 0.327. The second-order valence-electron chi connectivity index (χ2n) is 8.09. The summed E-state index contributed by atoms with van der Waals surface area (Å²) < 4.78 is 26.8. The number of aryl methyl sites for hydroxylation is 2. The van der Waals surface area contributed by atoms with Crippen LogP contribution < -0.4 is 15.4 Å². The van der Waals surface area contributed by atoms with Gasteiger partial charge < -0.3 is 10.6 Å². The van der Waals surface area contributed by atoms with Crippen LogP contribution >= 0.6 is 0 Å². The van der Waals surface area contributed by atoms with Crippen LogP contribution in [0, 0.1) is 0 Å². The van der Waals surface area contributed by atoms with Crippen LogP contribution in [0.5, 0.6) is 0 Å². The first-order valence-corrected chi connectivity index (χ1v) is 11.3. The van der Waals surface area contributed by atoms with Crippen LogP contribution in [0.4, 0.5) is 10.5 Å². The molecule has 2 aliphatic carbocycles. The number of anilines is 1. The summed E-state index contributed by atoms with van der Waals surface area (Å²) in [6, 6.07) is 1.60. The molecule has 1 heterocycles. The van der Waals surface area contributed by atoms with Crippen LogP contribution in [0.15, 0.2) is 17.6 Å². The fourth-order valence-corrected chi connectivity index (χ4v) is 5.43. The number of benzene rings is 1. The number of carbonyl (C=O) groups is 1.